The molecule has 0 spiro atoms. The van der Waals surface area contributed by atoms with E-state index in [1.54, 1.807) is 46.0 Å². The number of carboxylic acids is 1. The molecule has 1 heterocycles. The van der Waals surface area contributed by atoms with Crippen molar-refractivity contribution >= 4 is 17.7 Å². The number of carboxylic acid groups (broad SMARTS) is 1. The van der Waals surface area contributed by atoms with Gasteiger partial charge in [0, 0.05) is 12.6 Å². The van der Waals surface area contributed by atoms with Crippen molar-refractivity contribution in [3.05, 3.63) is 30.0 Å². The van der Waals surface area contributed by atoms with Gasteiger partial charge in [-0.15, -0.1) is 0 Å². The summed E-state index contributed by atoms with van der Waals surface area (Å²) in [6.07, 6.45) is 0.682. The fourth-order valence-corrected chi connectivity index (χ4v) is 2.29. The molecule has 8 heteroatoms. The van der Waals surface area contributed by atoms with Gasteiger partial charge in [0.25, 0.3) is 0 Å². The Labute approximate surface area is 145 Å². The molecule has 2 rings (SSSR count). The molecule has 0 bridgehead atoms. The molecule has 1 aromatic heterocycles. The SMILES string of the molecule is COc1cc(-c2c(C(=O)O)cnn2C)ccc1NC(=O)OC(C)(C)C. The molecule has 0 aliphatic heterocycles. The summed E-state index contributed by atoms with van der Waals surface area (Å²) in [5.74, 6) is -0.695. The number of aryl methyl sites for hydroxylation is 1. The van der Waals surface area contributed by atoms with Gasteiger partial charge in [0.2, 0.25) is 0 Å². The highest BCUT2D eigenvalue weighted by Gasteiger charge is 2.20. The van der Waals surface area contributed by atoms with Crippen molar-refractivity contribution in [2.24, 2.45) is 7.05 Å². The monoisotopic (exact) mass is 347 g/mol. The van der Waals surface area contributed by atoms with Gasteiger partial charge in [-0.2, -0.15) is 5.10 Å². The number of aromatic carboxylic acids is 1. The normalized spacial score (nSPS) is 11.1. The van der Waals surface area contributed by atoms with E-state index in [9.17, 15) is 14.7 Å². The molecule has 2 aromatic rings. The minimum atomic E-state index is -1.07. The van der Waals surface area contributed by atoms with Crippen molar-refractivity contribution in [3.8, 4) is 17.0 Å². The van der Waals surface area contributed by atoms with Gasteiger partial charge in [-0.25, -0.2) is 9.59 Å². The fourth-order valence-electron chi connectivity index (χ4n) is 2.29. The second-order valence-corrected chi connectivity index (χ2v) is 6.38. The van der Waals surface area contributed by atoms with Crippen LogP contribution >= 0.6 is 0 Å². The number of hydrogen-bond acceptors (Lipinski definition) is 5. The van der Waals surface area contributed by atoms with E-state index in [4.69, 9.17) is 9.47 Å². The Hall–Kier alpha value is -3.03. The van der Waals surface area contributed by atoms with Crippen molar-refractivity contribution in [1.82, 2.24) is 9.78 Å². The van der Waals surface area contributed by atoms with Gasteiger partial charge in [-0.05, 0) is 32.9 Å². The molecular formula is C17H21N3O5. The number of hydrogen-bond donors (Lipinski definition) is 2. The zero-order valence-electron chi connectivity index (χ0n) is 14.8. The predicted molar refractivity (Wildman–Crippen MR) is 92.0 cm³/mol. The summed E-state index contributed by atoms with van der Waals surface area (Å²) in [6, 6.07) is 4.94. The van der Waals surface area contributed by atoms with Crippen LogP contribution in [0.3, 0.4) is 0 Å². The summed E-state index contributed by atoms with van der Waals surface area (Å²) < 4.78 is 12.0. The molecule has 1 aromatic carbocycles. The molecular weight excluding hydrogens is 326 g/mol. The molecule has 25 heavy (non-hydrogen) atoms. The molecule has 0 radical (unpaired) electrons. The van der Waals surface area contributed by atoms with Crippen LogP contribution in [0, 0.1) is 0 Å². The zero-order chi connectivity index (χ0) is 18.8. The van der Waals surface area contributed by atoms with Crippen molar-refractivity contribution in [3.63, 3.8) is 0 Å². The van der Waals surface area contributed by atoms with Crippen LogP contribution in [-0.2, 0) is 11.8 Å². The zero-order valence-corrected chi connectivity index (χ0v) is 14.8. The van der Waals surface area contributed by atoms with Gasteiger partial charge in [0.15, 0.2) is 0 Å². The molecule has 0 unspecified atom stereocenters. The number of carbonyl (C=O) groups excluding carboxylic acids is 1. The molecule has 0 fully saturated rings. The van der Waals surface area contributed by atoms with Gasteiger partial charge >= 0.3 is 12.1 Å². The van der Waals surface area contributed by atoms with Crippen LogP contribution in [0.5, 0.6) is 5.75 Å². The highest BCUT2D eigenvalue weighted by Crippen LogP contribution is 2.32. The minimum absolute atomic E-state index is 0.0809. The Balaban J connectivity index is 2.36. The third-order valence-corrected chi connectivity index (χ3v) is 3.28. The van der Waals surface area contributed by atoms with Gasteiger partial charge in [-0.1, -0.05) is 6.07 Å². The molecule has 134 valence electrons. The lowest BCUT2D eigenvalue weighted by molar-refractivity contribution is 0.0633. The largest absolute Gasteiger partial charge is 0.495 e. The first kappa shape index (κ1) is 18.3. The molecule has 1 amide bonds. The van der Waals surface area contributed by atoms with Crippen molar-refractivity contribution in [2.75, 3.05) is 12.4 Å². The third kappa shape index (κ3) is 4.28. The Morgan fingerprint density at radius 3 is 2.52 bits per heavy atom. The summed E-state index contributed by atoms with van der Waals surface area (Å²) in [5.41, 5.74) is 0.915. The summed E-state index contributed by atoms with van der Waals surface area (Å²) in [4.78, 5) is 23.3. The van der Waals surface area contributed by atoms with Crippen LogP contribution < -0.4 is 10.1 Å². The maximum absolute atomic E-state index is 11.9. The Morgan fingerprint density at radius 2 is 1.96 bits per heavy atom. The number of rotatable bonds is 4. The highest BCUT2D eigenvalue weighted by molar-refractivity contribution is 5.95. The summed E-state index contributed by atoms with van der Waals surface area (Å²) in [7, 11) is 3.11. The lowest BCUT2D eigenvalue weighted by Gasteiger charge is -2.20. The van der Waals surface area contributed by atoms with E-state index < -0.39 is 17.7 Å². The van der Waals surface area contributed by atoms with Crippen LogP contribution in [0.4, 0.5) is 10.5 Å². The number of methoxy groups -OCH3 is 1. The van der Waals surface area contributed by atoms with E-state index in [0.29, 0.717) is 22.7 Å². The first-order valence-electron chi connectivity index (χ1n) is 7.56. The maximum Gasteiger partial charge on any atom is 0.412 e. The summed E-state index contributed by atoms with van der Waals surface area (Å²) >= 11 is 0. The predicted octanol–water partition coefficient (Wildman–Crippen LogP) is 3.14. The van der Waals surface area contributed by atoms with Crippen LogP contribution in [0.1, 0.15) is 31.1 Å². The highest BCUT2D eigenvalue weighted by atomic mass is 16.6. The van der Waals surface area contributed by atoms with E-state index in [2.05, 4.69) is 10.4 Å². The molecule has 0 aliphatic carbocycles. The van der Waals surface area contributed by atoms with Gasteiger partial charge < -0.3 is 14.6 Å². The Morgan fingerprint density at radius 1 is 1.28 bits per heavy atom. The quantitative estimate of drug-likeness (QED) is 0.881. The van der Waals surface area contributed by atoms with Crippen molar-refractivity contribution in [1.29, 1.82) is 0 Å². The number of carbonyl (C=O) groups is 2. The second kappa shape index (κ2) is 6.84. The van der Waals surface area contributed by atoms with Crippen molar-refractivity contribution in [2.45, 2.75) is 26.4 Å². The van der Waals surface area contributed by atoms with Crippen LogP contribution in [-0.4, -0.2) is 39.7 Å². The van der Waals surface area contributed by atoms with Gasteiger partial charge in [-0.3, -0.25) is 10.00 Å². The number of aromatic nitrogens is 2. The number of anilines is 1. The standard InChI is InChI=1S/C17H21N3O5/c1-17(2,3)25-16(23)19-12-7-6-10(8-13(12)24-5)14-11(15(21)22)9-18-20(14)4/h6-9H,1-5H3,(H,19,23)(H,21,22). The van der Waals surface area contributed by atoms with Gasteiger partial charge in [0.05, 0.1) is 24.7 Å². The lowest BCUT2D eigenvalue weighted by atomic mass is 10.1. The average Bonchev–Trinajstić information content (AvgIpc) is 2.87. The first-order valence-corrected chi connectivity index (χ1v) is 7.56. The first-order chi connectivity index (χ1) is 11.6. The fraction of sp³-hybridized carbons (Fsp3) is 0.353. The van der Waals surface area contributed by atoms with Crippen molar-refractivity contribution < 1.29 is 24.2 Å². The third-order valence-electron chi connectivity index (χ3n) is 3.28. The molecule has 2 N–H and O–H groups in total. The molecule has 0 aliphatic rings. The van der Waals surface area contributed by atoms with Crippen LogP contribution in [0.2, 0.25) is 0 Å². The Bertz CT molecular complexity index is 805. The minimum Gasteiger partial charge on any atom is -0.495 e. The van der Waals surface area contributed by atoms with E-state index in [-0.39, 0.29) is 5.56 Å². The smallest absolute Gasteiger partial charge is 0.412 e. The number of ether oxygens (including phenoxy) is 2. The topological polar surface area (TPSA) is 103 Å². The lowest BCUT2D eigenvalue weighted by Crippen LogP contribution is -2.27. The van der Waals surface area contributed by atoms with E-state index in [1.165, 1.54) is 18.0 Å². The van der Waals surface area contributed by atoms with E-state index in [1.807, 2.05) is 0 Å². The van der Waals surface area contributed by atoms with Gasteiger partial charge in [0.1, 0.15) is 16.9 Å². The number of benzene rings is 1. The molecule has 0 atom stereocenters. The van der Waals surface area contributed by atoms with Crippen LogP contribution in [0.15, 0.2) is 24.4 Å². The summed E-state index contributed by atoms with van der Waals surface area (Å²) in [5, 5.41) is 15.9. The Kier molecular flexibility index (Phi) is 5.01. The van der Waals surface area contributed by atoms with E-state index in [0.717, 1.165) is 0 Å². The molecule has 8 nitrogen and oxygen atoms in total. The van der Waals surface area contributed by atoms with E-state index >= 15 is 0 Å². The maximum atomic E-state index is 11.9. The summed E-state index contributed by atoms with van der Waals surface area (Å²) in [6.45, 7) is 5.30. The van der Waals surface area contributed by atoms with Crippen LogP contribution in [0.25, 0.3) is 11.3 Å². The molecule has 0 saturated heterocycles. The number of nitrogens with zero attached hydrogens (tertiary/aromatic N) is 2. The molecule has 0 saturated carbocycles. The average molecular weight is 347 g/mol. The second-order valence-electron chi connectivity index (χ2n) is 6.38. The number of amides is 1. The number of nitrogens with one attached hydrogen (secondary N) is 1.